The molecule has 1 unspecified atom stereocenters. The van der Waals surface area contributed by atoms with E-state index in [-0.39, 0.29) is 32.7 Å². The van der Waals surface area contributed by atoms with Crippen LogP contribution in [0.3, 0.4) is 0 Å². The normalized spacial score (nSPS) is 19.7. The molecule has 0 saturated heterocycles. The lowest BCUT2D eigenvalue weighted by atomic mass is 9.96. The van der Waals surface area contributed by atoms with Crippen molar-refractivity contribution in [2.45, 2.75) is 36.1 Å². The molecule has 0 bridgehead atoms. The molecular formula is C17H18ClF3N6O2S. The van der Waals surface area contributed by atoms with Crippen molar-refractivity contribution in [1.82, 2.24) is 15.8 Å². The number of hydrogen-bond acceptors (Lipinski definition) is 8. The number of nitrogens with zero attached hydrogens (tertiary/aromatic N) is 2. The number of halogens is 4. The molecule has 1 aromatic heterocycles. The number of rotatable bonds is 4. The third-order valence-electron chi connectivity index (χ3n) is 4.45. The Morgan fingerprint density at radius 2 is 1.90 bits per heavy atom. The van der Waals surface area contributed by atoms with E-state index in [2.05, 4.69) is 20.8 Å². The first-order valence-electron chi connectivity index (χ1n) is 8.54. The number of benzene rings is 1. The van der Waals surface area contributed by atoms with Crippen molar-refractivity contribution in [3.8, 4) is 11.1 Å². The van der Waals surface area contributed by atoms with E-state index >= 15 is 0 Å². The summed E-state index contributed by atoms with van der Waals surface area (Å²) in [6, 6.07) is 4.40. The lowest BCUT2D eigenvalue weighted by molar-refractivity contribution is -0.137. The number of hydrogen-bond donors (Lipinski definition) is 4. The molecule has 1 atom stereocenters. The molecule has 30 heavy (non-hydrogen) atoms. The minimum absolute atomic E-state index is 0.00632. The van der Waals surface area contributed by atoms with E-state index in [1.165, 1.54) is 26.0 Å². The second kappa shape index (κ2) is 7.38. The standard InChI is InChI=1S/C17H18ClF3N6O2S/c1-8(2)30(28,29)13-4-3-9(7-24-13)14-11(16(19,20)21)5-10(6-12(14)18)17(23)25-15(22)26-27-17/h3-8,27H,23H2,1-2H3,(H3,22,25,26). The Kier molecular flexibility index (Phi) is 5.48. The third-order valence-corrected chi connectivity index (χ3v) is 6.81. The number of nitrogens with one attached hydrogen (secondary N) is 2. The number of nitrogens with two attached hydrogens (primary N) is 2. The first-order chi connectivity index (χ1) is 13.8. The number of aliphatic imine (C=N–C) groups is 1. The maximum atomic E-state index is 13.8. The van der Waals surface area contributed by atoms with Crippen LogP contribution in [-0.4, -0.2) is 24.6 Å². The summed E-state index contributed by atoms with van der Waals surface area (Å²) in [4.78, 5) is 7.69. The second-order valence-electron chi connectivity index (χ2n) is 6.87. The van der Waals surface area contributed by atoms with Crippen LogP contribution in [0.4, 0.5) is 13.2 Å². The average Bonchev–Trinajstić information content (AvgIpc) is 3.00. The topological polar surface area (TPSA) is 135 Å². The van der Waals surface area contributed by atoms with Crippen LogP contribution in [0.1, 0.15) is 25.0 Å². The van der Waals surface area contributed by atoms with Crippen molar-refractivity contribution in [1.29, 1.82) is 0 Å². The Balaban J connectivity index is 2.16. The van der Waals surface area contributed by atoms with Gasteiger partial charge in [0, 0.05) is 27.9 Å². The zero-order valence-electron chi connectivity index (χ0n) is 15.7. The van der Waals surface area contributed by atoms with E-state index < -0.39 is 32.6 Å². The largest absolute Gasteiger partial charge is 0.417 e. The summed E-state index contributed by atoms with van der Waals surface area (Å²) < 4.78 is 66.0. The minimum atomic E-state index is -4.80. The molecule has 6 N–H and O–H groups in total. The zero-order chi connectivity index (χ0) is 22.5. The zero-order valence-corrected chi connectivity index (χ0v) is 17.3. The van der Waals surface area contributed by atoms with Gasteiger partial charge in [-0.05, 0) is 38.1 Å². The fraction of sp³-hybridized carbons (Fsp3) is 0.294. The van der Waals surface area contributed by atoms with Crippen molar-refractivity contribution in [2.24, 2.45) is 16.5 Å². The van der Waals surface area contributed by atoms with Gasteiger partial charge in [-0.1, -0.05) is 11.6 Å². The molecule has 1 aromatic carbocycles. The summed E-state index contributed by atoms with van der Waals surface area (Å²) >= 11 is 6.20. The average molecular weight is 463 g/mol. The lowest BCUT2D eigenvalue weighted by Gasteiger charge is -2.24. The first kappa shape index (κ1) is 22.3. The molecule has 2 aromatic rings. The van der Waals surface area contributed by atoms with Crippen LogP contribution in [0, 0.1) is 0 Å². The first-order valence-corrected chi connectivity index (χ1v) is 10.5. The smallest absolute Gasteiger partial charge is 0.369 e. The van der Waals surface area contributed by atoms with Gasteiger partial charge >= 0.3 is 6.18 Å². The summed E-state index contributed by atoms with van der Waals surface area (Å²) in [7, 11) is -3.68. The van der Waals surface area contributed by atoms with E-state index in [1.54, 1.807) is 0 Å². The molecule has 0 spiro atoms. The summed E-state index contributed by atoms with van der Waals surface area (Å²) in [5.41, 5.74) is 14.9. The van der Waals surface area contributed by atoms with Gasteiger partial charge in [-0.3, -0.25) is 11.2 Å². The Hall–Kier alpha value is -2.41. The van der Waals surface area contributed by atoms with Gasteiger partial charge in [-0.2, -0.15) is 18.6 Å². The fourth-order valence-electron chi connectivity index (χ4n) is 2.82. The van der Waals surface area contributed by atoms with Gasteiger partial charge in [0.05, 0.1) is 10.8 Å². The van der Waals surface area contributed by atoms with E-state index in [4.69, 9.17) is 23.1 Å². The predicted octanol–water partition coefficient (Wildman–Crippen LogP) is 2.09. The van der Waals surface area contributed by atoms with Crippen LogP contribution in [0.25, 0.3) is 11.1 Å². The summed E-state index contributed by atoms with van der Waals surface area (Å²) in [6.07, 6.45) is -3.76. The highest BCUT2D eigenvalue weighted by molar-refractivity contribution is 7.91. The van der Waals surface area contributed by atoms with Crippen molar-refractivity contribution in [3.63, 3.8) is 0 Å². The quantitative estimate of drug-likeness (QED) is 0.546. The van der Waals surface area contributed by atoms with Crippen LogP contribution >= 0.6 is 11.6 Å². The number of pyridine rings is 1. The summed E-state index contributed by atoms with van der Waals surface area (Å²) in [6.45, 7) is 2.96. The Labute approximate surface area is 175 Å². The van der Waals surface area contributed by atoms with Gasteiger partial charge in [0.15, 0.2) is 14.9 Å². The minimum Gasteiger partial charge on any atom is -0.369 e. The van der Waals surface area contributed by atoms with Gasteiger partial charge in [-0.15, -0.1) is 0 Å². The van der Waals surface area contributed by atoms with Gasteiger partial charge < -0.3 is 5.73 Å². The fourth-order valence-corrected chi connectivity index (χ4v) is 4.09. The van der Waals surface area contributed by atoms with Gasteiger partial charge in [0.1, 0.15) is 0 Å². The molecule has 0 radical (unpaired) electrons. The molecule has 0 fully saturated rings. The van der Waals surface area contributed by atoms with E-state index in [0.717, 1.165) is 18.3 Å². The molecule has 0 aliphatic carbocycles. The predicted molar refractivity (Wildman–Crippen MR) is 106 cm³/mol. The molecule has 8 nitrogen and oxygen atoms in total. The monoisotopic (exact) mass is 462 g/mol. The van der Waals surface area contributed by atoms with Crippen molar-refractivity contribution in [3.05, 3.63) is 46.6 Å². The highest BCUT2D eigenvalue weighted by Gasteiger charge is 2.39. The Morgan fingerprint density at radius 3 is 2.37 bits per heavy atom. The molecule has 0 amide bonds. The number of sulfone groups is 1. The molecule has 0 saturated carbocycles. The molecule has 13 heteroatoms. The molecule has 2 heterocycles. The van der Waals surface area contributed by atoms with Crippen molar-refractivity contribution >= 4 is 27.4 Å². The Bertz CT molecular complexity index is 1120. The van der Waals surface area contributed by atoms with Gasteiger partial charge in [0.25, 0.3) is 0 Å². The number of aromatic nitrogens is 1. The van der Waals surface area contributed by atoms with Gasteiger partial charge in [0.2, 0.25) is 11.7 Å². The van der Waals surface area contributed by atoms with Crippen LogP contribution < -0.4 is 22.3 Å². The Morgan fingerprint density at radius 1 is 1.23 bits per heavy atom. The van der Waals surface area contributed by atoms with Gasteiger partial charge in [-0.25, -0.2) is 18.4 Å². The van der Waals surface area contributed by atoms with Crippen molar-refractivity contribution < 1.29 is 21.6 Å². The SMILES string of the molecule is CC(C)S(=O)(=O)c1ccc(-c2c(Cl)cc(C3(N)N=C(N)NN3)cc2C(F)(F)F)cn1. The molecular weight excluding hydrogens is 445 g/mol. The van der Waals surface area contributed by atoms with Crippen LogP contribution in [-0.2, 0) is 21.8 Å². The van der Waals surface area contributed by atoms with Crippen LogP contribution in [0.2, 0.25) is 5.02 Å². The highest BCUT2D eigenvalue weighted by Crippen LogP contribution is 2.43. The number of hydrazine groups is 1. The number of guanidine groups is 1. The van der Waals surface area contributed by atoms with E-state index in [9.17, 15) is 21.6 Å². The third kappa shape index (κ3) is 3.95. The number of alkyl halides is 3. The molecule has 1 aliphatic heterocycles. The maximum Gasteiger partial charge on any atom is 0.417 e. The summed E-state index contributed by atoms with van der Waals surface area (Å²) in [5.74, 6) is -1.85. The molecule has 3 rings (SSSR count). The second-order valence-corrected chi connectivity index (χ2v) is 9.73. The molecule has 162 valence electrons. The highest BCUT2D eigenvalue weighted by atomic mass is 35.5. The molecule has 1 aliphatic rings. The van der Waals surface area contributed by atoms with E-state index in [1.807, 2.05) is 0 Å². The van der Waals surface area contributed by atoms with Crippen LogP contribution in [0.15, 0.2) is 40.5 Å². The lowest BCUT2D eigenvalue weighted by Crippen LogP contribution is -2.50. The van der Waals surface area contributed by atoms with E-state index in [0.29, 0.717) is 0 Å². The van der Waals surface area contributed by atoms with Crippen molar-refractivity contribution in [2.75, 3.05) is 0 Å². The summed E-state index contributed by atoms with van der Waals surface area (Å²) in [5, 5.41) is -1.24. The van der Waals surface area contributed by atoms with Crippen LogP contribution in [0.5, 0.6) is 0 Å². The maximum absolute atomic E-state index is 13.8.